The van der Waals surface area contributed by atoms with Gasteiger partial charge in [0.05, 0.1) is 0 Å². The van der Waals surface area contributed by atoms with Gasteiger partial charge in [0.1, 0.15) is 0 Å². The summed E-state index contributed by atoms with van der Waals surface area (Å²) >= 11 is 0. The molecule has 0 aliphatic heterocycles. The van der Waals surface area contributed by atoms with Crippen LogP contribution in [0.5, 0.6) is 0 Å². The molecule has 9 heavy (non-hydrogen) atoms. The van der Waals surface area contributed by atoms with E-state index in [-0.39, 0.29) is 28.5 Å². The van der Waals surface area contributed by atoms with Crippen molar-refractivity contribution in [3.63, 3.8) is 0 Å². The molecule has 1 aromatic carbocycles. The van der Waals surface area contributed by atoms with E-state index in [0.717, 1.165) is 0 Å². The van der Waals surface area contributed by atoms with Crippen molar-refractivity contribution in [3.8, 4) is 0 Å². The summed E-state index contributed by atoms with van der Waals surface area (Å²) in [5.41, 5.74) is 5.75. The van der Waals surface area contributed by atoms with Gasteiger partial charge in [0.15, 0.2) is 0 Å². The molecule has 0 saturated carbocycles. The zero-order valence-electron chi connectivity index (χ0n) is 5.15. The molecule has 0 fully saturated rings. The van der Waals surface area contributed by atoms with E-state index in [1.165, 1.54) is 0 Å². The van der Waals surface area contributed by atoms with Gasteiger partial charge in [0.2, 0.25) is 0 Å². The molecule has 0 aliphatic rings. The van der Waals surface area contributed by atoms with E-state index in [9.17, 15) is 0 Å². The van der Waals surface area contributed by atoms with E-state index in [2.05, 4.69) is 0 Å². The van der Waals surface area contributed by atoms with Crippen molar-refractivity contribution in [1.29, 1.82) is 0 Å². The minimum absolute atomic E-state index is 0. The van der Waals surface area contributed by atoms with Crippen LogP contribution in [-0.2, 0) is 21.1 Å². The Hall–Kier alpha value is -0.362. The quantitative estimate of drug-likeness (QED) is 0.676. The van der Waals surface area contributed by atoms with Gasteiger partial charge in [-0.2, -0.15) is 18.2 Å². The summed E-state index contributed by atoms with van der Waals surface area (Å²) in [5, 5.41) is 0. The predicted molar refractivity (Wildman–Crippen MR) is 35.2 cm³/mol. The molecule has 1 aromatic rings. The second kappa shape index (κ2) is 15.6. The summed E-state index contributed by atoms with van der Waals surface area (Å²) in [4.78, 5) is 7.25. The van der Waals surface area contributed by atoms with Gasteiger partial charge in [-0.25, -0.2) is 12.1 Å². The summed E-state index contributed by atoms with van der Waals surface area (Å²) in [6.45, 7) is 0. The van der Waals surface area contributed by atoms with Gasteiger partial charge in [-0.1, -0.05) is 0 Å². The van der Waals surface area contributed by atoms with Crippen LogP contribution in [-0.4, -0.2) is 0 Å². The van der Waals surface area contributed by atoms with Crippen LogP contribution in [0.3, 0.4) is 0 Å². The Morgan fingerprint density at radius 2 is 1.44 bits per heavy atom. The van der Waals surface area contributed by atoms with Crippen LogP contribution in [0.4, 0.5) is 0 Å². The first kappa shape index (κ1) is 15.9. The van der Waals surface area contributed by atoms with Gasteiger partial charge in [0.25, 0.3) is 0 Å². The van der Waals surface area contributed by atoms with E-state index in [4.69, 9.17) is 10.5 Å². The van der Waals surface area contributed by atoms with Crippen LogP contribution >= 0.6 is 0 Å². The molecule has 0 N–H and O–H groups in total. The van der Waals surface area contributed by atoms with Crippen LogP contribution in [0.2, 0.25) is 0 Å². The Bertz CT molecular complexity index is 80.0. The van der Waals surface area contributed by atoms with Crippen molar-refractivity contribution in [2.75, 3.05) is 0 Å². The maximum absolute atomic E-state index is 7.25. The normalized spacial score (nSPS) is 4.89. The Balaban J connectivity index is -0.0000000836. The fourth-order valence-corrected chi connectivity index (χ4v) is 0.321. The molecule has 0 radical (unpaired) electrons. The van der Waals surface area contributed by atoms with Crippen molar-refractivity contribution in [3.05, 3.63) is 48.3 Å². The maximum Gasteiger partial charge on any atom is 0 e. The molecule has 1 rings (SSSR count). The van der Waals surface area contributed by atoms with Crippen molar-refractivity contribution < 1.29 is 21.1 Å². The second-order valence-corrected chi connectivity index (χ2v) is 0.962. The van der Waals surface area contributed by atoms with Crippen molar-refractivity contribution in [1.82, 2.24) is 0 Å². The molecular formula is C6H8NOW-3. The second-order valence-electron chi connectivity index (χ2n) is 0.962. The third kappa shape index (κ3) is 11.3. The summed E-state index contributed by atoms with van der Waals surface area (Å²) in [6, 6.07) is 10.0. The number of nitrogens with zero attached hydrogens (tertiary/aromatic N) is 1. The molecule has 3 heteroatoms. The van der Waals surface area contributed by atoms with Gasteiger partial charge in [-0.05, 0) is 0 Å². The Morgan fingerprint density at radius 3 is 1.56 bits per heavy atom. The minimum Gasteiger partial charge on any atom is -0.577 e. The molecule has 52 valence electrons. The first-order chi connectivity index (χ1) is 3.50. The zero-order valence-corrected chi connectivity index (χ0v) is 8.08. The molecular weight excluding hydrogens is 286 g/mol. The van der Waals surface area contributed by atoms with Crippen LogP contribution < -0.4 is 0 Å². The topological polar surface area (TPSA) is 39.4 Å². The van der Waals surface area contributed by atoms with Gasteiger partial charge in [-0.3, -0.25) is 0 Å². The van der Waals surface area contributed by atoms with Gasteiger partial charge in [0, 0.05) is 21.1 Å². The maximum atomic E-state index is 7.25. The van der Waals surface area contributed by atoms with E-state index < -0.39 is 0 Å². The van der Waals surface area contributed by atoms with E-state index in [0.29, 0.717) is 0 Å². The number of rotatable bonds is 0. The molecule has 0 amide bonds. The van der Waals surface area contributed by atoms with Crippen molar-refractivity contribution in [2.24, 2.45) is 0 Å². The molecule has 0 bridgehead atoms. The van der Waals surface area contributed by atoms with Crippen LogP contribution in [0.25, 0.3) is 5.59 Å². The monoisotopic (exact) mass is 294 g/mol. The third-order valence-electron chi connectivity index (χ3n) is 0.556. The average molecular weight is 294 g/mol. The Kier molecular flexibility index (Phi) is 27.6. The fraction of sp³-hybridized carbons (Fsp3) is 0. The largest absolute Gasteiger partial charge is 0.577 e. The molecule has 0 saturated heterocycles. The summed E-state index contributed by atoms with van der Waals surface area (Å²) < 4.78 is 0. The summed E-state index contributed by atoms with van der Waals surface area (Å²) in [5.74, 6) is 0. The first-order valence-electron chi connectivity index (χ1n) is 1.85. The standard InChI is InChI=1S/C5H5.CH3.NO.W/c1-2-4-5-3-1;;1-2;/h1-5H;1H3;;/q3*-1;. The Labute approximate surface area is 69.7 Å². The molecule has 2 nitrogen and oxygen atoms in total. The molecule has 0 aromatic heterocycles. The van der Waals surface area contributed by atoms with Gasteiger partial charge >= 0.3 is 0 Å². The van der Waals surface area contributed by atoms with Crippen molar-refractivity contribution in [2.45, 2.75) is 0 Å². The number of nitroso groups, excluding NO2 is 1. The van der Waals surface area contributed by atoms with Crippen LogP contribution in [0.15, 0.2) is 30.3 Å². The molecule has 0 atom stereocenters. The van der Waals surface area contributed by atoms with E-state index >= 15 is 0 Å². The summed E-state index contributed by atoms with van der Waals surface area (Å²) in [7, 11) is 0. The van der Waals surface area contributed by atoms with Gasteiger partial charge in [-0.15, -0.1) is 0 Å². The Morgan fingerprint density at radius 1 is 1.11 bits per heavy atom. The molecule has 0 heterocycles. The summed E-state index contributed by atoms with van der Waals surface area (Å²) in [6.07, 6.45) is 0. The first-order valence-corrected chi connectivity index (χ1v) is 1.85. The third-order valence-corrected chi connectivity index (χ3v) is 0.556. The molecule has 0 spiro atoms. The minimum atomic E-state index is 0. The van der Waals surface area contributed by atoms with Gasteiger partial charge < -0.3 is 17.9 Å². The van der Waals surface area contributed by atoms with Crippen LogP contribution in [0.1, 0.15) is 0 Å². The number of hydrogen-bond acceptors (Lipinski definition) is 1. The van der Waals surface area contributed by atoms with E-state index in [1.54, 1.807) is 0 Å². The average Bonchev–Trinajstić information content (AvgIpc) is 2.23. The number of hydrogen-bond donors (Lipinski definition) is 0. The predicted octanol–water partition coefficient (Wildman–Crippen LogP) is 2.18. The zero-order chi connectivity index (χ0) is 5.54. The van der Waals surface area contributed by atoms with E-state index in [1.807, 2.05) is 30.3 Å². The molecule has 0 aliphatic carbocycles. The SMILES string of the molecule is [CH3-].[N-]=O.[W].c1cc[cH-]c1. The fourth-order valence-electron chi connectivity index (χ4n) is 0.321. The van der Waals surface area contributed by atoms with Crippen molar-refractivity contribution >= 4 is 0 Å². The molecule has 0 unspecified atom stereocenters. The van der Waals surface area contributed by atoms with Crippen LogP contribution in [0, 0.1) is 12.3 Å². The smallest absolute Gasteiger partial charge is 0 e.